The number of ether oxygens (including phenoxy) is 1. The van der Waals surface area contributed by atoms with E-state index >= 15 is 0 Å². The molecular weight excluding hydrogens is 426 g/mol. The Balaban J connectivity index is 1.49. The van der Waals surface area contributed by atoms with E-state index in [1.54, 1.807) is 39.5 Å². The normalized spacial score (nSPS) is 15.3. The lowest BCUT2D eigenvalue weighted by Gasteiger charge is -2.33. The van der Waals surface area contributed by atoms with Gasteiger partial charge in [0, 0.05) is 42.5 Å². The van der Waals surface area contributed by atoms with Crippen molar-refractivity contribution in [2.75, 3.05) is 31.5 Å². The molecule has 2 aromatic rings. The van der Waals surface area contributed by atoms with Gasteiger partial charge in [-0.05, 0) is 36.4 Å². The van der Waals surface area contributed by atoms with Crippen LogP contribution in [0.15, 0.2) is 66.1 Å². The second kappa shape index (κ2) is 10.4. The molecule has 7 nitrogen and oxygen atoms in total. The van der Waals surface area contributed by atoms with Crippen molar-refractivity contribution in [3.8, 4) is 0 Å². The number of anilines is 1. The van der Waals surface area contributed by atoms with Crippen molar-refractivity contribution in [3.05, 3.63) is 71.8 Å². The number of nitrogens with one attached hydrogen (secondary N) is 1. The molecule has 1 saturated heterocycles. The van der Waals surface area contributed by atoms with Crippen molar-refractivity contribution in [3.63, 3.8) is 0 Å². The Kier molecular flexibility index (Phi) is 7.62. The number of halogens is 1. The van der Waals surface area contributed by atoms with E-state index in [2.05, 4.69) is 11.9 Å². The molecule has 0 aromatic heterocycles. The van der Waals surface area contributed by atoms with Gasteiger partial charge in [-0.1, -0.05) is 36.4 Å². The highest BCUT2D eigenvalue weighted by molar-refractivity contribution is 7.82. The van der Waals surface area contributed by atoms with Crippen molar-refractivity contribution in [2.24, 2.45) is 0 Å². The van der Waals surface area contributed by atoms with Gasteiger partial charge in [-0.2, -0.15) is 0 Å². The van der Waals surface area contributed by atoms with Crippen molar-refractivity contribution in [1.82, 2.24) is 9.21 Å². The molecule has 0 aliphatic carbocycles. The topological polar surface area (TPSA) is 79.0 Å². The molecule has 1 aliphatic heterocycles. The van der Waals surface area contributed by atoms with Gasteiger partial charge in [0.15, 0.2) is 0 Å². The summed E-state index contributed by atoms with van der Waals surface area (Å²) in [5.41, 5.74) is 1.35. The Labute approximate surface area is 182 Å². The van der Waals surface area contributed by atoms with Crippen LogP contribution in [0.5, 0.6) is 0 Å². The molecule has 3 rings (SSSR count). The van der Waals surface area contributed by atoms with Gasteiger partial charge in [0.1, 0.15) is 17.6 Å². The molecule has 0 radical (unpaired) electrons. The van der Waals surface area contributed by atoms with Crippen LogP contribution in [-0.4, -0.2) is 51.6 Å². The van der Waals surface area contributed by atoms with Gasteiger partial charge in [0.25, 0.3) is 0 Å². The smallest absolute Gasteiger partial charge is 0.410 e. The van der Waals surface area contributed by atoms with Gasteiger partial charge >= 0.3 is 6.09 Å². The Morgan fingerprint density at radius 1 is 1.10 bits per heavy atom. The van der Waals surface area contributed by atoms with Crippen LogP contribution >= 0.6 is 11.6 Å². The van der Waals surface area contributed by atoms with E-state index < -0.39 is 17.1 Å². The first-order valence-corrected chi connectivity index (χ1v) is 10.8. The third kappa shape index (κ3) is 5.69. The highest BCUT2D eigenvalue weighted by Crippen LogP contribution is 2.18. The number of nitrogens with zero attached hydrogens (tertiary/aromatic N) is 2. The van der Waals surface area contributed by atoms with E-state index in [0.29, 0.717) is 41.8 Å². The zero-order valence-electron chi connectivity index (χ0n) is 16.3. The van der Waals surface area contributed by atoms with Crippen molar-refractivity contribution < 1.29 is 18.5 Å². The zero-order chi connectivity index (χ0) is 21.5. The van der Waals surface area contributed by atoms with Gasteiger partial charge in [0.2, 0.25) is 5.91 Å². The van der Waals surface area contributed by atoms with E-state index in [-0.39, 0.29) is 12.5 Å². The lowest BCUT2D eigenvalue weighted by atomic mass is 10.2. The molecule has 158 valence electrons. The monoisotopic (exact) mass is 447 g/mol. The summed E-state index contributed by atoms with van der Waals surface area (Å²) in [4.78, 5) is 25.9. The average Bonchev–Trinajstić information content (AvgIpc) is 2.78. The summed E-state index contributed by atoms with van der Waals surface area (Å²) >= 11 is 6.08. The van der Waals surface area contributed by atoms with Gasteiger partial charge in [-0.15, -0.1) is 0 Å². The predicted octanol–water partition coefficient (Wildman–Crippen LogP) is 3.44. The van der Waals surface area contributed by atoms with Crippen molar-refractivity contribution >= 4 is 40.3 Å². The van der Waals surface area contributed by atoms with E-state index in [1.165, 1.54) is 6.08 Å². The van der Waals surface area contributed by atoms with Gasteiger partial charge < -0.3 is 15.0 Å². The molecular formula is C21H22ClN3O4S. The van der Waals surface area contributed by atoms with E-state index in [9.17, 15) is 13.8 Å². The number of carbonyl (C=O) groups is 2. The number of carbonyl (C=O) groups excluding carboxylic acids is 2. The second-order valence-electron chi connectivity index (χ2n) is 6.53. The number of hydrogen-bond acceptors (Lipinski definition) is 4. The van der Waals surface area contributed by atoms with Crippen LogP contribution in [0.3, 0.4) is 0 Å². The second-order valence-corrected chi connectivity index (χ2v) is 8.42. The molecule has 9 heteroatoms. The third-order valence-corrected chi connectivity index (χ3v) is 6.43. The molecule has 30 heavy (non-hydrogen) atoms. The summed E-state index contributed by atoms with van der Waals surface area (Å²) in [6.07, 6.45) is 0.771. The molecule has 1 atom stereocenters. The lowest BCUT2D eigenvalue weighted by molar-refractivity contribution is -0.111. The molecule has 1 heterocycles. The maximum atomic E-state index is 12.8. The number of piperazine rings is 1. The van der Waals surface area contributed by atoms with E-state index in [4.69, 9.17) is 16.3 Å². The Hall–Kier alpha value is -2.68. The lowest BCUT2D eigenvalue weighted by Crippen LogP contribution is -2.49. The van der Waals surface area contributed by atoms with Gasteiger partial charge in [-0.25, -0.2) is 13.3 Å². The minimum absolute atomic E-state index is 0.111. The fourth-order valence-electron chi connectivity index (χ4n) is 2.88. The average molecular weight is 448 g/mol. The van der Waals surface area contributed by atoms with Gasteiger partial charge in [-0.3, -0.25) is 4.79 Å². The minimum atomic E-state index is -1.35. The summed E-state index contributed by atoms with van der Waals surface area (Å²) in [6, 6.07) is 14.0. The quantitative estimate of drug-likeness (QED) is 0.688. The SMILES string of the molecule is C=CC(=O)Nc1ccc(S(=O)N2CCN(C(=O)OCc3ccccc3Cl)CC2)cc1. The Bertz CT molecular complexity index is 944. The zero-order valence-corrected chi connectivity index (χ0v) is 17.8. The highest BCUT2D eigenvalue weighted by atomic mass is 35.5. The maximum absolute atomic E-state index is 12.8. The van der Waals surface area contributed by atoms with Crippen LogP contribution in [0, 0.1) is 0 Å². The largest absolute Gasteiger partial charge is 0.444 e. The fraction of sp³-hybridized carbons (Fsp3) is 0.238. The van der Waals surface area contributed by atoms with Crippen molar-refractivity contribution in [2.45, 2.75) is 11.5 Å². The van der Waals surface area contributed by atoms with Crippen LogP contribution < -0.4 is 5.32 Å². The van der Waals surface area contributed by atoms with Crippen LogP contribution in [0.1, 0.15) is 5.56 Å². The molecule has 2 amide bonds. The highest BCUT2D eigenvalue weighted by Gasteiger charge is 2.26. The van der Waals surface area contributed by atoms with Crippen molar-refractivity contribution in [1.29, 1.82) is 0 Å². The molecule has 1 fully saturated rings. The van der Waals surface area contributed by atoms with Crippen LogP contribution in [0.2, 0.25) is 5.02 Å². The van der Waals surface area contributed by atoms with Gasteiger partial charge in [0.05, 0.1) is 4.90 Å². The summed E-state index contributed by atoms with van der Waals surface area (Å²) in [7, 11) is -1.35. The molecule has 0 spiro atoms. The fourth-order valence-corrected chi connectivity index (χ4v) is 4.23. The number of benzene rings is 2. The summed E-state index contributed by atoms with van der Waals surface area (Å²) in [5.74, 6) is -0.304. The Morgan fingerprint density at radius 2 is 1.77 bits per heavy atom. The van der Waals surface area contributed by atoms with Crippen LogP contribution in [0.4, 0.5) is 10.5 Å². The Morgan fingerprint density at radius 3 is 2.40 bits per heavy atom. The molecule has 1 N–H and O–H groups in total. The molecule has 1 aliphatic rings. The van der Waals surface area contributed by atoms with Crippen LogP contribution in [-0.2, 0) is 27.1 Å². The minimum Gasteiger partial charge on any atom is -0.444 e. The van der Waals surface area contributed by atoms with E-state index in [1.807, 2.05) is 18.2 Å². The standard InChI is InChI=1S/C21H22ClN3O4S/c1-2-20(26)23-17-7-9-18(10-8-17)30(28)25-13-11-24(12-14-25)21(27)29-15-16-5-3-4-6-19(16)22/h2-10H,1,11-15H2,(H,23,26). The summed E-state index contributed by atoms with van der Waals surface area (Å²) in [6.45, 7) is 5.27. The first-order chi connectivity index (χ1) is 14.5. The molecule has 1 unspecified atom stereocenters. The molecule has 2 aromatic carbocycles. The molecule has 0 saturated carbocycles. The first kappa shape index (κ1) is 22.0. The number of rotatable bonds is 6. The van der Waals surface area contributed by atoms with E-state index in [0.717, 1.165) is 5.56 Å². The summed E-state index contributed by atoms with van der Waals surface area (Å²) in [5, 5.41) is 3.20. The first-order valence-electron chi connectivity index (χ1n) is 9.33. The summed E-state index contributed by atoms with van der Waals surface area (Å²) < 4.78 is 19.9. The number of amides is 2. The number of hydrogen-bond donors (Lipinski definition) is 1. The molecule has 0 bridgehead atoms. The third-order valence-electron chi connectivity index (χ3n) is 4.55. The maximum Gasteiger partial charge on any atom is 0.410 e. The predicted molar refractivity (Wildman–Crippen MR) is 116 cm³/mol. The van der Waals surface area contributed by atoms with Crippen LogP contribution in [0.25, 0.3) is 0 Å².